The van der Waals surface area contributed by atoms with E-state index in [1.165, 1.54) is 0 Å². The molecule has 2 heteroatoms. The summed E-state index contributed by atoms with van der Waals surface area (Å²) in [5, 5.41) is 18.9. The summed E-state index contributed by atoms with van der Waals surface area (Å²) in [4.78, 5) is 0. The lowest BCUT2D eigenvalue weighted by Crippen LogP contribution is -2.40. The van der Waals surface area contributed by atoms with Crippen LogP contribution in [0.4, 0.5) is 0 Å². The first-order chi connectivity index (χ1) is 4.52. The summed E-state index contributed by atoms with van der Waals surface area (Å²) in [5.74, 6) is 0.233. The van der Waals surface area contributed by atoms with Gasteiger partial charge in [-0.25, -0.2) is 0 Å². The van der Waals surface area contributed by atoms with Gasteiger partial charge in [0, 0.05) is 0 Å². The third-order valence-electron chi connectivity index (χ3n) is 2.67. The molecule has 2 N–H and O–H groups in total. The monoisotopic (exact) mass is 144 g/mol. The molecule has 0 radical (unpaired) electrons. The molecule has 1 aliphatic rings. The van der Waals surface area contributed by atoms with Crippen LogP contribution in [0, 0.1) is 5.92 Å². The molecule has 0 amide bonds. The van der Waals surface area contributed by atoms with E-state index in [0.29, 0.717) is 0 Å². The smallest absolute Gasteiger partial charge is 0.0647 e. The summed E-state index contributed by atoms with van der Waals surface area (Å²) < 4.78 is 0. The molecule has 0 aromatic rings. The lowest BCUT2D eigenvalue weighted by molar-refractivity contribution is -0.0601. The molecule has 3 atom stereocenters. The number of aliphatic hydroxyl groups is 2. The molecule has 0 saturated heterocycles. The molecule has 1 rings (SSSR count). The molecule has 1 aliphatic carbocycles. The van der Waals surface area contributed by atoms with Crippen molar-refractivity contribution in [3.63, 3.8) is 0 Å². The first kappa shape index (κ1) is 8.02. The predicted molar refractivity (Wildman–Crippen MR) is 39.6 cm³/mol. The van der Waals surface area contributed by atoms with E-state index in [1.807, 2.05) is 13.8 Å². The highest BCUT2D eigenvalue weighted by molar-refractivity contribution is 4.86. The van der Waals surface area contributed by atoms with E-state index in [4.69, 9.17) is 0 Å². The fourth-order valence-electron chi connectivity index (χ4n) is 1.49. The number of rotatable bonds is 0. The Morgan fingerprint density at radius 2 is 2.10 bits per heavy atom. The molecule has 0 aromatic heterocycles. The summed E-state index contributed by atoms with van der Waals surface area (Å²) in [5.41, 5.74) is -0.542. The van der Waals surface area contributed by atoms with Gasteiger partial charge < -0.3 is 10.2 Å². The van der Waals surface area contributed by atoms with Crippen LogP contribution >= 0.6 is 0 Å². The second-order valence-electron chi connectivity index (χ2n) is 3.69. The summed E-state index contributed by atoms with van der Waals surface area (Å²) in [6.45, 7) is 3.84. The molecule has 10 heavy (non-hydrogen) atoms. The van der Waals surface area contributed by atoms with E-state index in [0.717, 1.165) is 19.3 Å². The highest BCUT2D eigenvalue weighted by Crippen LogP contribution is 2.32. The third-order valence-corrected chi connectivity index (χ3v) is 2.67. The largest absolute Gasteiger partial charge is 0.393 e. The van der Waals surface area contributed by atoms with Crippen LogP contribution in [0.5, 0.6) is 0 Å². The Morgan fingerprint density at radius 3 is 2.50 bits per heavy atom. The molecule has 1 fully saturated rings. The van der Waals surface area contributed by atoms with Gasteiger partial charge >= 0.3 is 0 Å². The standard InChI is InChI=1S/C8H16O2/c1-6-5-7(9)3-4-8(6,2)10/h6-7,9-10H,3-5H2,1-2H3/t6-,7+,8+/m1/s1. The zero-order valence-electron chi connectivity index (χ0n) is 6.67. The van der Waals surface area contributed by atoms with Crippen LogP contribution in [0.25, 0.3) is 0 Å². The Kier molecular flexibility index (Phi) is 2.02. The Balaban J connectivity index is 2.52. The third kappa shape index (κ3) is 1.50. The topological polar surface area (TPSA) is 40.5 Å². The molecular weight excluding hydrogens is 128 g/mol. The fourth-order valence-corrected chi connectivity index (χ4v) is 1.49. The molecule has 2 nitrogen and oxygen atoms in total. The molecule has 0 aromatic carbocycles. The van der Waals surface area contributed by atoms with Crippen molar-refractivity contribution in [2.75, 3.05) is 0 Å². The normalized spacial score (nSPS) is 49.2. The first-order valence-corrected chi connectivity index (χ1v) is 3.93. The lowest BCUT2D eigenvalue weighted by Gasteiger charge is -2.37. The van der Waals surface area contributed by atoms with Crippen molar-refractivity contribution < 1.29 is 10.2 Å². The van der Waals surface area contributed by atoms with E-state index in [-0.39, 0.29) is 12.0 Å². The zero-order valence-corrected chi connectivity index (χ0v) is 6.67. The first-order valence-electron chi connectivity index (χ1n) is 3.93. The van der Waals surface area contributed by atoms with Gasteiger partial charge in [0.1, 0.15) is 0 Å². The van der Waals surface area contributed by atoms with Crippen molar-refractivity contribution in [3.05, 3.63) is 0 Å². The van der Waals surface area contributed by atoms with Crippen LogP contribution in [0.1, 0.15) is 33.1 Å². The van der Waals surface area contributed by atoms with Crippen LogP contribution in [0.2, 0.25) is 0 Å². The van der Waals surface area contributed by atoms with Gasteiger partial charge in [-0.05, 0) is 32.1 Å². The second kappa shape index (κ2) is 2.51. The Morgan fingerprint density at radius 1 is 1.50 bits per heavy atom. The van der Waals surface area contributed by atoms with Gasteiger partial charge in [0.05, 0.1) is 11.7 Å². The van der Waals surface area contributed by atoms with Crippen LogP contribution in [-0.2, 0) is 0 Å². The van der Waals surface area contributed by atoms with Crippen molar-refractivity contribution in [2.24, 2.45) is 5.92 Å². The molecule has 0 aliphatic heterocycles. The van der Waals surface area contributed by atoms with Gasteiger partial charge in [0.15, 0.2) is 0 Å². The minimum atomic E-state index is -0.542. The average Bonchev–Trinajstić information content (AvgIpc) is 1.81. The van der Waals surface area contributed by atoms with E-state index >= 15 is 0 Å². The zero-order chi connectivity index (χ0) is 7.78. The van der Waals surface area contributed by atoms with Crippen LogP contribution in [0.3, 0.4) is 0 Å². The van der Waals surface area contributed by atoms with Gasteiger partial charge in [-0.2, -0.15) is 0 Å². The van der Waals surface area contributed by atoms with Gasteiger partial charge in [-0.15, -0.1) is 0 Å². The van der Waals surface area contributed by atoms with Gasteiger partial charge in [-0.3, -0.25) is 0 Å². The summed E-state index contributed by atoms with van der Waals surface area (Å²) in [6, 6.07) is 0. The summed E-state index contributed by atoms with van der Waals surface area (Å²) in [6.07, 6.45) is 2.04. The van der Waals surface area contributed by atoms with E-state index in [1.54, 1.807) is 0 Å². The van der Waals surface area contributed by atoms with Gasteiger partial charge in [0.25, 0.3) is 0 Å². The van der Waals surface area contributed by atoms with Crippen molar-refractivity contribution in [3.8, 4) is 0 Å². The van der Waals surface area contributed by atoms with Crippen LogP contribution in [-0.4, -0.2) is 21.9 Å². The molecule has 0 unspecified atom stereocenters. The lowest BCUT2D eigenvalue weighted by atomic mass is 9.76. The number of hydrogen-bond acceptors (Lipinski definition) is 2. The van der Waals surface area contributed by atoms with Crippen LogP contribution in [0.15, 0.2) is 0 Å². The van der Waals surface area contributed by atoms with E-state index < -0.39 is 5.60 Å². The van der Waals surface area contributed by atoms with Gasteiger partial charge in [0.2, 0.25) is 0 Å². The van der Waals surface area contributed by atoms with Crippen molar-refractivity contribution in [1.82, 2.24) is 0 Å². The molecule has 1 saturated carbocycles. The molecule has 0 bridgehead atoms. The van der Waals surface area contributed by atoms with E-state index in [2.05, 4.69) is 0 Å². The summed E-state index contributed by atoms with van der Waals surface area (Å²) >= 11 is 0. The number of hydrogen-bond donors (Lipinski definition) is 2. The van der Waals surface area contributed by atoms with Gasteiger partial charge in [-0.1, -0.05) is 6.92 Å². The molecule has 60 valence electrons. The van der Waals surface area contributed by atoms with Crippen molar-refractivity contribution in [1.29, 1.82) is 0 Å². The average molecular weight is 144 g/mol. The molecule has 0 heterocycles. The minimum absolute atomic E-state index is 0.185. The maximum absolute atomic E-state index is 9.65. The van der Waals surface area contributed by atoms with Crippen LogP contribution < -0.4 is 0 Å². The fraction of sp³-hybridized carbons (Fsp3) is 1.00. The second-order valence-corrected chi connectivity index (χ2v) is 3.69. The molecular formula is C8H16O2. The SMILES string of the molecule is C[C@@H]1C[C@@H](O)CC[C@]1(C)O. The maximum atomic E-state index is 9.65. The van der Waals surface area contributed by atoms with Crippen molar-refractivity contribution >= 4 is 0 Å². The highest BCUT2D eigenvalue weighted by Gasteiger charge is 2.34. The summed E-state index contributed by atoms with van der Waals surface area (Å²) in [7, 11) is 0. The predicted octanol–water partition coefficient (Wildman–Crippen LogP) is 0.918. The Labute approximate surface area is 61.9 Å². The Bertz CT molecular complexity index is 120. The maximum Gasteiger partial charge on any atom is 0.0647 e. The number of aliphatic hydroxyl groups excluding tert-OH is 1. The van der Waals surface area contributed by atoms with Crippen molar-refractivity contribution in [2.45, 2.75) is 44.8 Å². The minimum Gasteiger partial charge on any atom is -0.393 e. The van der Waals surface area contributed by atoms with E-state index in [9.17, 15) is 10.2 Å². The Hall–Kier alpha value is -0.0800. The highest BCUT2D eigenvalue weighted by atomic mass is 16.3. The quantitative estimate of drug-likeness (QED) is 0.530. The molecule has 0 spiro atoms.